The fourth-order valence-corrected chi connectivity index (χ4v) is 1.61. The van der Waals surface area contributed by atoms with Gasteiger partial charge in [0, 0.05) is 16.4 Å². The first-order valence-electron chi connectivity index (χ1n) is 4.76. The van der Waals surface area contributed by atoms with Gasteiger partial charge in [-0.25, -0.2) is 0 Å². The topological polar surface area (TPSA) is 63.6 Å². The molecule has 1 N–H and O–H groups in total. The minimum absolute atomic E-state index is 0.0125. The van der Waals surface area contributed by atoms with E-state index in [0.29, 0.717) is 12.2 Å². The van der Waals surface area contributed by atoms with Gasteiger partial charge in [-0.2, -0.15) is 0 Å². The zero-order valence-electron chi connectivity index (χ0n) is 8.48. The number of carbonyl (C=O) groups excluding carboxylic acids is 1. The molecule has 0 radical (unpaired) electrons. The second kappa shape index (κ2) is 6.47. The largest absolute Gasteiger partial charge is 0.481 e. The molecule has 86 valence electrons. The molecule has 0 saturated heterocycles. The van der Waals surface area contributed by atoms with Crippen molar-refractivity contribution < 1.29 is 19.4 Å². The fraction of sp³-hybridized carbons (Fsp3) is 0.273. The number of benzene rings is 1. The van der Waals surface area contributed by atoms with Crippen molar-refractivity contribution in [1.82, 2.24) is 0 Å². The van der Waals surface area contributed by atoms with Crippen molar-refractivity contribution in [1.29, 1.82) is 0 Å². The Labute approximate surface area is 107 Å². The highest BCUT2D eigenvalue weighted by atomic mass is 127. The Morgan fingerprint density at radius 2 is 2.06 bits per heavy atom. The van der Waals surface area contributed by atoms with Gasteiger partial charge in [-0.1, -0.05) is 6.07 Å². The van der Waals surface area contributed by atoms with Gasteiger partial charge in [0.25, 0.3) is 0 Å². The molecule has 0 amide bonds. The molecule has 0 fully saturated rings. The Hall–Kier alpha value is -1.11. The Bertz CT molecular complexity index is 389. The molecule has 1 aromatic carbocycles. The second-order valence-corrected chi connectivity index (χ2v) is 4.42. The average Bonchev–Trinajstić information content (AvgIpc) is 2.16. The molecule has 0 aliphatic carbocycles. The lowest BCUT2D eigenvalue weighted by atomic mass is 10.2. The quantitative estimate of drug-likeness (QED) is 0.510. The number of carboxylic acids is 1. The van der Waals surface area contributed by atoms with Gasteiger partial charge < -0.3 is 9.84 Å². The van der Waals surface area contributed by atoms with E-state index < -0.39 is 11.9 Å². The number of carbonyl (C=O) groups is 2. The third-order valence-electron chi connectivity index (χ3n) is 1.80. The van der Waals surface area contributed by atoms with Crippen LogP contribution in [-0.2, 0) is 9.59 Å². The fourth-order valence-electron chi connectivity index (χ4n) is 1.10. The number of ether oxygens (including phenoxy) is 1. The first-order chi connectivity index (χ1) is 7.58. The van der Waals surface area contributed by atoms with Crippen LogP contribution in [0.3, 0.4) is 0 Å². The number of hydrogen-bond donors (Lipinski definition) is 1. The van der Waals surface area contributed by atoms with Crippen LogP contribution in [0.1, 0.15) is 19.3 Å². The van der Waals surface area contributed by atoms with Gasteiger partial charge in [-0.3, -0.25) is 9.59 Å². The first-order valence-corrected chi connectivity index (χ1v) is 5.84. The van der Waals surface area contributed by atoms with E-state index in [1.165, 1.54) is 0 Å². The zero-order valence-corrected chi connectivity index (χ0v) is 10.6. The third-order valence-corrected chi connectivity index (χ3v) is 2.47. The summed E-state index contributed by atoms with van der Waals surface area (Å²) in [6.07, 6.45) is 0.414. The molecule has 0 aromatic heterocycles. The molecule has 4 nitrogen and oxygen atoms in total. The SMILES string of the molecule is O=C(O)CCCC(=O)Oc1cccc(I)c1. The normalized spacial score (nSPS) is 9.81. The van der Waals surface area contributed by atoms with Gasteiger partial charge in [0.05, 0.1) is 0 Å². The maximum Gasteiger partial charge on any atom is 0.311 e. The predicted octanol–water partition coefficient (Wildman–Crippen LogP) is 2.45. The van der Waals surface area contributed by atoms with Gasteiger partial charge >= 0.3 is 11.9 Å². The van der Waals surface area contributed by atoms with Crippen LogP contribution >= 0.6 is 22.6 Å². The molecular formula is C11H11IO4. The van der Waals surface area contributed by atoms with Crippen molar-refractivity contribution in [3.63, 3.8) is 0 Å². The molecule has 1 aromatic rings. The Kier molecular flexibility index (Phi) is 5.24. The van der Waals surface area contributed by atoms with Crippen LogP contribution in [0.2, 0.25) is 0 Å². The van der Waals surface area contributed by atoms with Crippen LogP contribution < -0.4 is 4.74 Å². The number of halogens is 1. The number of aliphatic carboxylic acids is 1. The zero-order chi connectivity index (χ0) is 12.0. The summed E-state index contributed by atoms with van der Waals surface area (Å²) in [6, 6.07) is 7.12. The monoisotopic (exact) mass is 334 g/mol. The molecule has 5 heteroatoms. The standard InChI is InChI=1S/C11H11IO4/c12-8-3-1-4-9(7-8)16-11(15)6-2-5-10(13)14/h1,3-4,7H,2,5-6H2,(H,13,14). The van der Waals surface area contributed by atoms with Crippen LogP contribution in [-0.4, -0.2) is 17.0 Å². The molecule has 0 heterocycles. The summed E-state index contributed by atoms with van der Waals surface area (Å²) in [7, 11) is 0. The van der Waals surface area contributed by atoms with Crippen molar-refractivity contribution in [2.75, 3.05) is 0 Å². The average molecular weight is 334 g/mol. The van der Waals surface area contributed by atoms with E-state index in [2.05, 4.69) is 22.6 Å². The molecule has 0 atom stereocenters. The number of hydrogen-bond acceptors (Lipinski definition) is 3. The van der Waals surface area contributed by atoms with E-state index in [0.717, 1.165) is 3.57 Å². The summed E-state index contributed by atoms with van der Waals surface area (Å²) in [5, 5.41) is 8.40. The summed E-state index contributed by atoms with van der Waals surface area (Å²) in [4.78, 5) is 21.5. The smallest absolute Gasteiger partial charge is 0.311 e. The number of carboxylic acid groups (broad SMARTS) is 1. The molecule has 0 spiro atoms. The lowest BCUT2D eigenvalue weighted by molar-refractivity contribution is -0.137. The van der Waals surface area contributed by atoms with Crippen LogP contribution in [0.5, 0.6) is 5.75 Å². The van der Waals surface area contributed by atoms with Gasteiger partial charge in [0.1, 0.15) is 5.75 Å². The molecule has 0 saturated carbocycles. The Balaban J connectivity index is 2.37. The first kappa shape index (κ1) is 13.0. The van der Waals surface area contributed by atoms with Crippen LogP contribution in [0.15, 0.2) is 24.3 Å². The highest BCUT2D eigenvalue weighted by Gasteiger charge is 2.06. The summed E-state index contributed by atoms with van der Waals surface area (Å²) >= 11 is 2.12. The minimum Gasteiger partial charge on any atom is -0.481 e. The van der Waals surface area contributed by atoms with Gasteiger partial charge in [-0.05, 0) is 47.2 Å². The molecular weight excluding hydrogens is 323 g/mol. The Morgan fingerprint density at radius 1 is 1.31 bits per heavy atom. The molecule has 0 unspecified atom stereocenters. The van der Waals surface area contributed by atoms with Gasteiger partial charge in [0.15, 0.2) is 0 Å². The van der Waals surface area contributed by atoms with Crippen molar-refractivity contribution in [3.8, 4) is 5.75 Å². The predicted molar refractivity (Wildman–Crippen MR) is 66.3 cm³/mol. The van der Waals surface area contributed by atoms with Crippen molar-refractivity contribution >= 4 is 34.5 Å². The molecule has 0 aliphatic rings. The van der Waals surface area contributed by atoms with Crippen LogP contribution in [0.4, 0.5) is 0 Å². The maximum atomic E-state index is 11.3. The molecule has 0 bridgehead atoms. The van der Waals surface area contributed by atoms with E-state index in [9.17, 15) is 9.59 Å². The second-order valence-electron chi connectivity index (χ2n) is 3.18. The summed E-state index contributed by atoms with van der Waals surface area (Å²) in [5.74, 6) is -0.808. The van der Waals surface area contributed by atoms with E-state index in [1.807, 2.05) is 6.07 Å². The minimum atomic E-state index is -0.901. The molecule has 16 heavy (non-hydrogen) atoms. The highest BCUT2D eigenvalue weighted by molar-refractivity contribution is 14.1. The van der Waals surface area contributed by atoms with Gasteiger partial charge in [-0.15, -0.1) is 0 Å². The van der Waals surface area contributed by atoms with Crippen molar-refractivity contribution in [3.05, 3.63) is 27.8 Å². The van der Waals surface area contributed by atoms with Crippen molar-refractivity contribution in [2.45, 2.75) is 19.3 Å². The summed E-state index contributed by atoms with van der Waals surface area (Å²) in [6.45, 7) is 0. The van der Waals surface area contributed by atoms with Crippen LogP contribution in [0.25, 0.3) is 0 Å². The maximum absolute atomic E-state index is 11.3. The van der Waals surface area contributed by atoms with Crippen molar-refractivity contribution in [2.24, 2.45) is 0 Å². The lowest BCUT2D eigenvalue weighted by Crippen LogP contribution is -2.08. The molecule has 1 rings (SSSR count). The van der Waals surface area contributed by atoms with E-state index in [1.54, 1.807) is 18.2 Å². The third kappa shape index (κ3) is 5.11. The lowest BCUT2D eigenvalue weighted by Gasteiger charge is -2.03. The number of rotatable bonds is 5. The highest BCUT2D eigenvalue weighted by Crippen LogP contribution is 2.15. The molecule has 0 aliphatic heterocycles. The van der Waals surface area contributed by atoms with Gasteiger partial charge in [0.2, 0.25) is 0 Å². The van der Waals surface area contributed by atoms with E-state index >= 15 is 0 Å². The summed E-state index contributed by atoms with van der Waals surface area (Å²) < 4.78 is 6.02. The van der Waals surface area contributed by atoms with Crippen LogP contribution in [0, 0.1) is 3.57 Å². The number of esters is 1. The van der Waals surface area contributed by atoms with E-state index in [-0.39, 0.29) is 12.8 Å². The van der Waals surface area contributed by atoms with E-state index in [4.69, 9.17) is 9.84 Å². The summed E-state index contributed by atoms with van der Waals surface area (Å²) in [5.41, 5.74) is 0. The Morgan fingerprint density at radius 3 is 2.69 bits per heavy atom.